The van der Waals surface area contributed by atoms with Gasteiger partial charge in [-0.1, -0.05) is 6.07 Å². The first-order valence-electron chi connectivity index (χ1n) is 23.8. The number of hydrogen-bond donors (Lipinski definition) is 7. The monoisotopic (exact) mass is 956 g/mol. The number of fused-ring (bicyclic) bond motifs is 3. The van der Waals surface area contributed by atoms with Gasteiger partial charge in [-0.15, -0.1) is 0 Å². The van der Waals surface area contributed by atoms with Gasteiger partial charge in [0.1, 0.15) is 35.6 Å². The molecule has 2 aliphatic carbocycles. The minimum Gasteiger partial charge on any atom is -0.507 e. The lowest BCUT2D eigenvalue weighted by molar-refractivity contribution is -0.334. The number of ether oxygens (including phenoxy) is 10. The molecule has 2 aromatic rings. The Hall–Kier alpha value is -3.64. The molecule has 9 rings (SSSR count). The van der Waals surface area contributed by atoms with Gasteiger partial charge in [-0.2, -0.15) is 0 Å². The van der Waals surface area contributed by atoms with Crippen LogP contribution >= 0.6 is 0 Å². The van der Waals surface area contributed by atoms with Crippen LogP contribution in [0.1, 0.15) is 117 Å². The summed E-state index contributed by atoms with van der Waals surface area (Å²) in [4.78, 5) is 28.3. The smallest absolute Gasteiger partial charge is 0.202 e. The summed E-state index contributed by atoms with van der Waals surface area (Å²) in [5.74, 6) is -2.32. The van der Waals surface area contributed by atoms with Crippen molar-refractivity contribution in [3.05, 3.63) is 57.7 Å². The fraction of sp³-hybridized carbons (Fsp3) is 0.673. The fourth-order valence-corrected chi connectivity index (χ4v) is 10.7. The largest absolute Gasteiger partial charge is 0.507 e. The Morgan fingerprint density at radius 3 is 1.76 bits per heavy atom. The van der Waals surface area contributed by atoms with Gasteiger partial charge in [0.05, 0.1) is 78.3 Å². The number of aliphatic hydroxyl groups excluding tert-OH is 5. The first-order chi connectivity index (χ1) is 32.3. The molecule has 0 saturated carbocycles. The van der Waals surface area contributed by atoms with E-state index in [1.54, 1.807) is 40.7 Å². The molecule has 0 unspecified atom stereocenters. The van der Waals surface area contributed by atoms with Crippen LogP contribution in [-0.2, 0) is 49.1 Å². The van der Waals surface area contributed by atoms with E-state index in [2.05, 4.69) is 0 Å². The van der Waals surface area contributed by atoms with Crippen molar-refractivity contribution >= 4 is 17.1 Å². The second-order valence-electron chi connectivity index (χ2n) is 19.4. The molecule has 19 nitrogen and oxygen atoms in total. The summed E-state index contributed by atoms with van der Waals surface area (Å²) < 4.78 is 61.6. The van der Waals surface area contributed by atoms with Crippen molar-refractivity contribution in [3.63, 3.8) is 0 Å². The van der Waals surface area contributed by atoms with Crippen LogP contribution in [0.5, 0.6) is 17.2 Å². The molecular formula is C49H64O19. The Labute approximate surface area is 393 Å². The van der Waals surface area contributed by atoms with E-state index in [4.69, 9.17) is 47.4 Å². The summed E-state index contributed by atoms with van der Waals surface area (Å²) in [5, 5.41) is 76.5. The van der Waals surface area contributed by atoms with Crippen molar-refractivity contribution in [2.45, 2.75) is 210 Å². The number of allylic oxidation sites excluding steroid dienone is 1. The van der Waals surface area contributed by atoms with E-state index < -0.39 is 122 Å². The molecule has 7 N–H and O–H groups in total. The molecule has 0 spiro atoms. The normalized spacial score (nSPS) is 40.9. The number of aliphatic hydroxyl groups is 5. The lowest BCUT2D eigenvalue weighted by Gasteiger charge is -2.45. The minimum atomic E-state index is -1.37. The topological polar surface area (TPSA) is 268 Å². The van der Waals surface area contributed by atoms with Crippen molar-refractivity contribution in [3.8, 4) is 17.2 Å². The van der Waals surface area contributed by atoms with Gasteiger partial charge in [0.2, 0.25) is 6.29 Å². The van der Waals surface area contributed by atoms with E-state index in [1.807, 2.05) is 6.92 Å². The standard InChI is InChI=1S/C49H64O19/c1-19-13-25-15-29(53)42-44(40(25)28(52)14-19)48(58)41-27(51)7-9-32(43(41)47(42)57)65-37-16-30(54)49(24(6)63-37)68-39-18-34(46(56)23(5)62-39)67-36-12-10-31(21(3)60-36)64-38-17-33(45(55)22(4)61-38)66-35-11-8-26(50)20(2)59-35/h7,9,13-14,20-24,26,29-31,33-39,45-46,49-56H,8,10-12,15-18H2,1-6H3/t20-,21-,22+,23+,24+,26-,29+,30+,31-,33+,34+,35-,36-,37-,38-,39-,45+,46+,49+/m0/s1. The Morgan fingerprint density at radius 1 is 0.544 bits per heavy atom. The van der Waals surface area contributed by atoms with Crippen LogP contribution in [0, 0.1) is 6.92 Å². The third-order valence-electron chi connectivity index (χ3n) is 14.4. The first kappa shape index (κ1) is 49.3. The number of aryl methyl sites for hydroxylation is 1. The summed E-state index contributed by atoms with van der Waals surface area (Å²) in [6, 6.07) is 5.72. The zero-order valence-corrected chi connectivity index (χ0v) is 39.0. The number of carbonyl (C=O) groups is 2. The number of carbonyl (C=O) groups excluding carboxylic acids is 2. The van der Waals surface area contributed by atoms with Gasteiger partial charge in [0, 0.05) is 55.2 Å². The molecule has 2 aromatic carbocycles. The molecule has 0 amide bonds. The molecule has 5 aliphatic heterocycles. The number of phenols is 2. The highest BCUT2D eigenvalue weighted by Gasteiger charge is 2.48. The molecule has 7 aliphatic rings. The van der Waals surface area contributed by atoms with Gasteiger partial charge in [-0.05, 0) is 83.7 Å². The molecule has 5 heterocycles. The van der Waals surface area contributed by atoms with Crippen LogP contribution in [0.25, 0.3) is 5.57 Å². The first-order valence-corrected chi connectivity index (χ1v) is 23.8. The summed E-state index contributed by atoms with van der Waals surface area (Å²) in [7, 11) is 0. The van der Waals surface area contributed by atoms with Gasteiger partial charge in [-0.3, -0.25) is 9.59 Å². The van der Waals surface area contributed by atoms with Gasteiger partial charge < -0.3 is 83.1 Å². The summed E-state index contributed by atoms with van der Waals surface area (Å²) in [5.41, 5.74) is 0.348. The average Bonchev–Trinajstić information content (AvgIpc) is 3.27. The third kappa shape index (κ3) is 9.73. The lowest BCUT2D eigenvalue weighted by atomic mass is 9.72. The number of benzene rings is 2. The van der Waals surface area contributed by atoms with E-state index in [9.17, 15) is 45.3 Å². The van der Waals surface area contributed by atoms with E-state index in [0.29, 0.717) is 36.8 Å². The molecule has 19 atom stereocenters. The van der Waals surface area contributed by atoms with Crippen LogP contribution in [-0.4, -0.2) is 164 Å². The van der Waals surface area contributed by atoms with E-state index in [1.165, 1.54) is 18.2 Å². The molecule has 5 fully saturated rings. The number of ketones is 2. The number of aromatic hydroxyl groups is 2. The zero-order valence-electron chi connectivity index (χ0n) is 39.0. The highest BCUT2D eigenvalue weighted by atomic mass is 16.7. The van der Waals surface area contributed by atoms with E-state index >= 15 is 0 Å². The Kier molecular flexibility index (Phi) is 14.4. The number of rotatable bonds is 10. The predicted octanol–water partition coefficient (Wildman–Crippen LogP) is 2.97. The summed E-state index contributed by atoms with van der Waals surface area (Å²) >= 11 is 0. The molecule has 0 radical (unpaired) electrons. The van der Waals surface area contributed by atoms with E-state index in [-0.39, 0.29) is 77.2 Å². The quantitative estimate of drug-likeness (QED) is 0.180. The highest BCUT2D eigenvalue weighted by Crippen LogP contribution is 2.48. The predicted molar refractivity (Wildman–Crippen MR) is 234 cm³/mol. The van der Waals surface area contributed by atoms with Gasteiger partial charge in [0.15, 0.2) is 36.7 Å². The van der Waals surface area contributed by atoms with Gasteiger partial charge in [0.25, 0.3) is 0 Å². The maximum atomic E-state index is 14.2. The fourth-order valence-electron chi connectivity index (χ4n) is 10.7. The number of Topliss-reactive ketones (excluding diaryl/α,β-unsaturated/α-hetero) is 2. The summed E-state index contributed by atoms with van der Waals surface area (Å²) in [6.07, 6.45) is -12.3. The van der Waals surface area contributed by atoms with Crippen LogP contribution in [0.4, 0.5) is 0 Å². The van der Waals surface area contributed by atoms with Gasteiger partial charge in [-0.25, -0.2) is 0 Å². The zero-order chi connectivity index (χ0) is 48.5. The molecule has 0 bridgehead atoms. The molecule has 0 aromatic heterocycles. The summed E-state index contributed by atoms with van der Waals surface area (Å²) in [6.45, 7) is 10.5. The van der Waals surface area contributed by atoms with Crippen molar-refractivity contribution in [2.75, 3.05) is 0 Å². The molecule has 19 heteroatoms. The van der Waals surface area contributed by atoms with Crippen LogP contribution in [0.2, 0.25) is 0 Å². The lowest BCUT2D eigenvalue weighted by Crippen LogP contribution is -2.55. The third-order valence-corrected chi connectivity index (χ3v) is 14.4. The van der Waals surface area contributed by atoms with Crippen molar-refractivity contribution in [1.82, 2.24) is 0 Å². The van der Waals surface area contributed by atoms with Crippen LogP contribution < -0.4 is 4.74 Å². The molecule has 68 heavy (non-hydrogen) atoms. The maximum absolute atomic E-state index is 14.2. The maximum Gasteiger partial charge on any atom is 0.202 e. The average molecular weight is 957 g/mol. The second kappa shape index (κ2) is 19.9. The Morgan fingerprint density at radius 2 is 1.13 bits per heavy atom. The Bertz CT molecular complexity index is 2220. The Balaban J connectivity index is 0.791. The molecule has 374 valence electrons. The highest BCUT2D eigenvalue weighted by molar-refractivity contribution is 6.42. The van der Waals surface area contributed by atoms with Crippen LogP contribution in [0.3, 0.4) is 0 Å². The van der Waals surface area contributed by atoms with Crippen molar-refractivity contribution in [1.29, 1.82) is 0 Å². The number of phenolic OH excluding ortho intramolecular Hbond substituents is 2. The minimum absolute atomic E-state index is 0.0186. The second-order valence-corrected chi connectivity index (χ2v) is 19.4. The van der Waals surface area contributed by atoms with Crippen molar-refractivity contribution in [2.24, 2.45) is 0 Å². The number of hydrogen-bond acceptors (Lipinski definition) is 19. The SMILES string of the molecule is Cc1cc(O)c2c(c1)C[C@@H](O)C1=C2C(=O)c2c(O)ccc(O[C@H]3C[C@@H](O)[C@H](O[C@H]4C[C@@H](O[C@H]5CC[C@H](O[C@H]6C[C@@H](O[C@H]7CC[C@H](O)[C@H](C)O7)[C@H](O)[C@@H](C)O6)[C@H](C)O5)[C@H](O)[C@@H](C)O4)[C@@H](C)O3)c2C1=O. The molecular weight excluding hydrogens is 893 g/mol. The van der Waals surface area contributed by atoms with Gasteiger partial charge >= 0.3 is 0 Å². The van der Waals surface area contributed by atoms with Crippen LogP contribution in [0.15, 0.2) is 29.8 Å². The van der Waals surface area contributed by atoms with Crippen molar-refractivity contribution < 1.29 is 92.7 Å². The molecule has 5 saturated heterocycles. The van der Waals surface area contributed by atoms with E-state index in [0.717, 1.165) is 0 Å².